The second kappa shape index (κ2) is 7.80. The molecular weight excluding hydrogens is 366 g/mol. The third kappa shape index (κ3) is 3.50. The summed E-state index contributed by atoms with van der Waals surface area (Å²) in [7, 11) is 1.57. The monoisotopic (exact) mass is 389 g/mol. The molecule has 0 bridgehead atoms. The molecule has 2 unspecified atom stereocenters. The van der Waals surface area contributed by atoms with E-state index >= 15 is 0 Å². The number of thiophene rings is 1. The Morgan fingerprint density at radius 1 is 1.33 bits per heavy atom. The summed E-state index contributed by atoms with van der Waals surface area (Å²) in [6.45, 7) is 1.91. The number of rotatable bonds is 7. The molecule has 1 amide bonds. The number of nitrogens with one attached hydrogen (secondary N) is 1. The Balaban J connectivity index is 2.11. The maximum absolute atomic E-state index is 11.9. The zero-order chi connectivity index (χ0) is 19.6. The smallest absolute Gasteiger partial charge is 0.345 e. The number of aliphatic hydroxyl groups is 1. The minimum atomic E-state index is -0.992. The van der Waals surface area contributed by atoms with Crippen LogP contribution in [0, 0.1) is 0 Å². The highest BCUT2D eigenvalue weighted by Crippen LogP contribution is 2.43. The van der Waals surface area contributed by atoms with Crippen LogP contribution in [0.2, 0.25) is 0 Å². The Bertz CT molecular complexity index is 831. The summed E-state index contributed by atoms with van der Waals surface area (Å²) in [6.07, 6.45) is 1.06. The molecule has 0 spiro atoms. The van der Waals surface area contributed by atoms with Gasteiger partial charge in [0.25, 0.3) is 0 Å². The summed E-state index contributed by atoms with van der Waals surface area (Å²) >= 11 is 1.15. The van der Waals surface area contributed by atoms with Gasteiger partial charge in [0.05, 0.1) is 12.1 Å². The first-order valence-corrected chi connectivity index (χ1v) is 9.70. The summed E-state index contributed by atoms with van der Waals surface area (Å²) in [5.74, 6) is -1.04. The summed E-state index contributed by atoms with van der Waals surface area (Å²) < 4.78 is 6.00. The fourth-order valence-electron chi connectivity index (χ4n) is 3.64. The zero-order valence-electron chi connectivity index (χ0n) is 15.3. The van der Waals surface area contributed by atoms with Gasteiger partial charge >= 0.3 is 5.97 Å². The summed E-state index contributed by atoms with van der Waals surface area (Å²) in [5, 5.41) is 22.3. The lowest BCUT2D eigenvalue weighted by Gasteiger charge is -2.37. The summed E-state index contributed by atoms with van der Waals surface area (Å²) in [4.78, 5) is 24.2. The van der Waals surface area contributed by atoms with E-state index in [4.69, 9.17) is 4.74 Å². The third-order valence-electron chi connectivity index (χ3n) is 5.10. The average Bonchev–Trinajstić information content (AvgIpc) is 3.33. The lowest BCUT2D eigenvalue weighted by Crippen LogP contribution is -2.48. The molecule has 1 saturated heterocycles. The molecule has 1 aromatic heterocycles. The molecule has 1 aliphatic rings. The van der Waals surface area contributed by atoms with Crippen molar-refractivity contribution in [3.8, 4) is 0 Å². The van der Waals surface area contributed by atoms with E-state index in [0.29, 0.717) is 19.3 Å². The minimum absolute atomic E-state index is 0.0468. The van der Waals surface area contributed by atoms with E-state index in [1.165, 1.54) is 0 Å². The first kappa shape index (κ1) is 19.5. The van der Waals surface area contributed by atoms with Crippen molar-refractivity contribution in [2.45, 2.75) is 43.9 Å². The van der Waals surface area contributed by atoms with Crippen molar-refractivity contribution in [2.75, 3.05) is 7.11 Å². The molecule has 2 heterocycles. The third-order valence-corrected chi connectivity index (χ3v) is 6.29. The molecule has 3 atom stereocenters. The number of ether oxygens (including phenoxy) is 1. The van der Waals surface area contributed by atoms with Crippen molar-refractivity contribution in [1.82, 2.24) is 5.32 Å². The number of carboxylic acids is 1. The Labute approximate surface area is 161 Å². The number of benzene rings is 1. The number of carboxylic acid groups (broad SMARTS) is 1. The number of aromatic carboxylic acids is 1. The Morgan fingerprint density at radius 3 is 2.52 bits per heavy atom. The second-order valence-electron chi connectivity index (χ2n) is 6.61. The van der Waals surface area contributed by atoms with Crippen LogP contribution in [0.1, 0.15) is 58.0 Å². The molecular formula is C20H23NO5S. The number of methoxy groups -OCH3 is 1. The summed E-state index contributed by atoms with van der Waals surface area (Å²) in [6, 6.07) is 10.4. The first-order chi connectivity index (χ1) is 12.9. The molecule has 7 heteroatoms. The van der Waals surface area contributed by atoms with Crippen LogP contribution in [0.5, 0.6) is 0 Å². The van der Waals surface area contributed by atoms with Gasteiger partial charge in [-0.2, -0.15) is 0 Å². The van der Waals surface area contributed by atoms with E-state index in [9.17, 15) is 19.8 Å². The highest BCUT2D eigenvalue weighted by Gasteiger charge is 2.47. The normalized spacial score (nSPS) is 20.1. The van der Waals surface area contributed by atoms with Gasteiger partial charge in [-0.15, -0.1) is 11.3 Å². The van der Waals surface area contributed by atoms with E-state index < -0.39 is 17.7 Å². The van der Waals surface area contributed by atoms with Crippen molar-refractivity contribution in [1.29, 1.82) is 0 Å². The highest BCUT2D eigenvalue weighted by molar-refractivity contribution is 7.14. The fourth-order valence-corrected chi connectivity index (χ4v) is 4.73. The maximum Gasteiger partial charge on any atom is 0.345 e. The molecule has 3 N–H and O–H groups in total. The minimum Gasteiger partial charge on any atom is -0.477 e. The van der Waals surface area contributed by atoms with Crippen molar-refractivity contribution < 1.29 is 24.5 Å². The topological polar surface area (TPSA) is 95.9 Å². The van der Waals surface area contributed by atoms with E-state index in [2.05, 4.69) is 5.32 Å². The number of carbonyl (C=O) groups excluding carboxylic acids is 1. The quantitative estimate of drug-likeness (QED) is 0.676. The van der Waals surface area contributed by atoms with Gasteiger partial charge in [-0.25, -0.2) is 4.79 Å². The van der Waals surface area contributed by atoms with Crippen LogP contribution in [0.25, 0.3) is 0 Å². The van der Waals surface area contributed by atoms with E-state index in [1.807, 2.05) is 31.2 Å². The van der Waals surface area contributed by atoms with Gasteiger partial charge in [-0.1, -0.05) is 31.2 Å². The summed E-state index contributed by atoms with van der Waals surface area (Å²) in [5.41, 5.74) is 0.627. The van der Waals surface area contributed by atoms with Gasteiger partial charge in [-0.05, 0) is 36.1 Å². The van der Waals surface area contributed by atoms with E-state index in [0.717, 1.165) is 27.3 Å². The van der Waals surface area contributed by atoms with E-state index in [1.54, 1.807) is 19.2 Å². The molecule has 27 heavy (non-hydrogen) atoms. The first-order valence-electron chi connectivity index (χ1n) is 8.89. The molecule has 3 rings (SSSR count). The molecule has 1 fully saturated rings. The van der Waals surface area contributed by atoms with Crippen molar-refractivity contribution >= 4 is 23.2 Å². The fraction of sp³-hybridized carbons (Fsp3) is 0.400. The standard InChI is InChI=1S/C20H23NO5S/c1-3-14(22)12-4-6-13(7-5-12)20(26-2,16-9-11-18(23)21-16)17-10-8-15(27-17)19(24)25/h4-8,10,14,16,22H,3,9,11H2,1-2H3,(H,21,23)(H,24,25)/t14?,16?,20-/m1/s1. The zero-order valence-corrected chi connectivity index (χ0v) is 16.1. The van der Waals surface area contributed by atoms with Crippen molar-refractivity contribution in [2.24, 2.45) is 0 Å². The van der Waals surface area contributed by atoms with Gasteiger partial charge in [0, 0.05) is 18.4 Å². The van der Waals surface area contributed by atoms with Crippen LogP contribution < -0.4 is 5.32 Å². The van der Waals surface area contributed by atoms with Crippen LogP contribution in [0.15, 0.2) is 36.4 Å². The second-order valence-corrected chi connectivity index (χ2v) is 7.70. The van der Waals surface area contributed by atoms with E-state index in [-0.39, 0.29) is 16.8 Å². The van der Waals surface area contributed by atoms with Crippen LogP contribution >= 0.6 is 11.3 Å². The van der Waals surface area contributed by atoms with Crippen LogP contribution in [0.3, 0.4) is 0 Å². The number of hydrogen-bond donors (Lipinski definition) is 3. The van der Waals surface area contributed by atoms with Gasteiger partial charge in [0.1, 0.15) is 10.5 Å². The lowest BCUT2D eigenvalue weighted by molar-refractivity contribution is -0.120. The molecule has 1 aromatic carbocycles. The molecule has 6 nitrogen and oxygen atoms in total. The number of aliphatic hydroxyl groups excluding tert-OH is 1. The molecule has 1 aliphatic heterocycles. The number of amides is 1. The molecule has 2 aromatic rings. The molecule has 0 saturated carbocycles. The molecule has 0 aliphatic carbocycles. The van der Waals surface area contributed by atoms with Crippen LogP contribution in [0.4, 0.5) is 0 Å². The predicted octanol–water partition coefficient (Wildman–Crippen LogP) is 3.06. The Morgan fingerprint density at radius 2 is 2.04 bits per heavy atom. The van der Waals surface area contributed by atoms with Gasteiger partial charge < -0.3 is 20.3 Å². The lowest BCUT2D eigenvalue weighted by atomic mass is 9.83. The van der Waals surface area contributed by atoms with Gasteiger partial charge in [-0.3, -0.25) is 4.79 Å². The van der Waals surface area contributed by atoms with Crippen molar-refractivity contribution in [3.63, 3.8) is 0 Å². The number of hydrogen-bond acceptors (Lipinski definition) is 5. The highest BCUT2D eigenvalue weighted by atomic mass is 32.1. The van der Waals surface area contributed by atoms with Crippen LogP contribution in [-0.4, -0.2) is 35.2 Å². The Kier molecular flexibility index (Phi) is 5.64. The molecule has 144 valence electrons. The largest absolute Gasteiger partial charge is 0.477 e. The average molecular weight is 389 g/mol. The maximum atomic E-state index is 11.9. The SMILES string of the molecule is CCC(O)c1ccc([C@](OC)(c2ccc(C(=O)O)s2)C2CCC(=O)N2)cc1. The van der Waals surface area contributed by atoms with Crippen molar-refractivity contribution in [3.05, 3.63) is 57.3 Å². The van der Waals surface area contributed by atoms with Crippen LogP contribution in [-0.2, 0) is 15.1 Å². The Hall–Kier alpha value is -2.22. The van der Waals surface area contributed by atoms with Gasteiger partial charge in [0.15, 0.2) is 0 Å². The number of carbonyl (C=O) groups is 2. The molecule has 0 radical (unpaired) electrons. The predicted molar refractivity (Wildman–Crippen MR) is 102 cm³/mol. The van der Waals surface area contributed by atoms with Gasteiger partial charge in [0.2, 0.25) is 5.91 Å².